The quantitative estimate of drug-likeness (QED) is 0.691. The fourth-order valence-electron chi connectivity index (χ4n) is 4.42. The molecule has 150 valence electrons. The summed E-state index contributed by atoms with van der Waals surface area (Å²) >= 11 is 0. The van der Waals surface area contributed by atoms with E-state index < -0.39 is 6.10 Å². The first-order valence-corrected chi connectivity index (χ1v) is 10.2. The topological polar surface area (TPSA) is 88.4 Å². The van der Waals surface area contributed by atoms with E-state index in [2.05, 4.69) is 10.2 Å². The van der Waals surface area contributed by atoms with Gasteiger partial charge in [0.15, 0.2) is 6.10 Å². The van der Waals surface area contributed by atoms with E-state index in [4.69, 9.17) is 9.15 Å². The molecule has 1 unspecified atom stereocenters. The van der Waals surface area contributed by atoms with E-state index in [1.165, 1.54) is 0 Å². The van der Waals surface area contributed by atoms with Crippen LogP contribution in [0.15, 0.2) is 33.6 Å². The third kappa shape index (κ3) is 3.20. The summed E-state index contributed by atoms with van der Waals surface area (Å²) in [5.74, 6) is 0.460. The largest absolute Gasteiger partial charge is 0.481 e. The number of ether oxygens (including phenoxy) is 1. The summed E-state index contributed by atoms with van der Waals surface area (Å²) in [4.78, 5) is 27.0. The minimum atomic E-state index is -0.634. The molecule has 5 rings (SSSR count). The maximum absolute atomic E-state index is 12.8. The van der Waals surface area contributed by atoms with Crippen LogP contribution in [-0.2, 0) is 30.6 Å². The zero-order valence-corrected chi connectivity index (χ0v) is 16.4. The molecular formula is C22H23N3O4. The molecule has 1 atom stereocenters. The zero-order valence-electron chi connectivity index (χ0n) is 16.4. The van der Waals surface area contributed by atoms with Crippen LogP contribution in [0.25, 0.3) is 11.0 Å². The van der Waals surface area contributed by atoms with E-state index in [1.54, 1.807) is 24.1 Å². The minimum Gasteiger partial charge on any atom is -0.481 e. The first-order chi connectivity index (χ1) is 14.1. The van der Waals surface area contributed by atoms with Crippen LogP contribution in [0, 0.1) is 0 Å². The number of carbonyl (C=O) groups excluding carboxylic acids is 1. The third-order valence-corrected chi connectivity index (χ3v) is 5.97. The highest BCUT2D eigenvalue weighted by atomic mass is 16.5. The average molecular weight is 393 g/mol. The molecule has 7 nitrogen and oxygen atoms in total. The zero-order chi connectivity index (χ0) is 20.0. The summed E-state index contributed by atoms with van der Waals surface area (Å²) < 4.78 is 11.5. The number of carbonyl (C=O) groups is 1. The smallest absolute Gasteiger partial charge is 0.339 e. The van der Waals surface area contributed by atoms with Crippen molar-refractivity contribution >= 4 is 16.9 Å². The molecule has 3 heterocycles. The molecule has 1 amide bonds. The maximum Gasteiger partial charge on any atom is 0.339 e. The van der Waals surface area contributed by atoms with E-state index in [0.29, 0.717) is 24.4 Å². The van der Waals surface area contributed by atoms with Gasteiger partial charge in [0.05, 0.1) is 6.20 Å². The first kappa shape index (κ1) is 18.0. The van der Waals surface area contributed by atoms with Gasteiger partial charge in [-0.05, 0) is 50.3 Å². The number of amides is 1. The Kier molecular flexibility index (Phi) is 4.38. The number of H-pyrrole nitrogens is 1. The predicted octanol–water partition coefficient (Wildman–Crippen LogP) is 2.75. The fraction of sp³-hybridized carbons (Fsp3) is 0.409. The predicted molar refractivity (Wildman–Crippen MR) is 107 cm³/mol. The molecule has 2 aromatic heterocycles. The number of hydrogen-bond donors (Lipinski definition) is 1. The van der Waals surface area contributed by atoms with Crippen LogP contribution in [0.1, 0.15) is 42.1 Å². The van der Waals surface area contributed by atoms with Gasteiger partial charge in [-0.2, -0.15) is 5.10 Å². The summed E-state index contributed by atoms with van der Waals surface area (Å²) in [7, 11) is 0. The van der Waals surface area contributed by atoms with Crippen LogP contribution in [0.5, 0.6) is 5.75 Å². The van der Waals surface area contributed by atoms with Crippen molar-refractivity contribution in [2.75, 3.05) is 6.54 Å². The Morgan fingerprint density at radius 3 is 2.93 bits per heavy atom. The number of rotatable bonds is 3. The monoisotopic (exact) mass is 393 g/mol. The van der Waals surface area contributed by atoms with E-state index in [-0.39, 0.29) is 11.5 Å². The Bertz CT molecular complexity index is 1150. The lowest BCUT2D eigenvalue weighted by atomic mass is 9.91. The summed E-state index contributed by atoms with van der Waals surface area (Å²) in [5, 5.41) is 7.99. The Balaban J connectivity index is 1.36. The normalized spacial score (nSPS) is 16.9. The highest BCUT2D eigenvalue weighted by Gasteiger charge is 2.27. The van der Waals surface area contributed by atoms with Gasteiger partial charge < -0.3 is 14.1 Å². The highest BCUT2D eigenvalue weighted by Crippen LogP contribution is 2.29. The maximum atomic E-state index is 12.8. The SMILES string of the molecule is CC(Oc1ccc2c3c(c(=O)oc2c1)CCCC3)C(=O)N1CCc2[nH]ncc2C1. The molecule has 1 N–H and O–H groups in total. The Morgan fingerprint density at radius 2 is 2.07 bits per heavy atom. The fourth-order valence-corrected chi connectivity index (χ4v) is 4.42. The van der Waals surface area contributed by atoms with Gasteiger partial charge in [0.2, 0.25) is 0 Å². The minimum absolute atomic E-state index is 0.0659. The summed E-state index contributed by atoms with van der Waals surface area (Å²) in [6, 6.07) is 5.51. The molecule has 0 saturated carbocycles. The molecule has 7 heteroatoms. The van der Waals surface area contributed by atoms with Crippen molar-refractivity contribution < 1.29 is 13.9 Å². The Labute approximate surface area is 167 Å². The van der Waals surface area contributed by atoms with Gasteiger partial charge in [0.1, 0.15) is 11.3 Å². The summed E-state index contributed by atoms with van der Waals surface area (Å²) in [5.41, 5.74) is 4.32. The molecule has 0 bridgehead atoms. The Morgan fingerprint density at radius 1 is 1.24 bits per heavy atom. The van der Waals surface area contributed by atoms with Crippen LogP contribution in [-0.4, -0.2) is 33.7 Å². The number of aromatic nitrogens is 2. The van der Waals surface area contributed by atoms with Crippen molar-refractivity contribution in [1.29, 1.82) is 0 Å². The van der Waals surface area contributed by atoms with Crippen LogP contribution >= 0.6 is 0 Å². The average Bonchev–Trinajstić information content (AvgIpc) is 3.21. The van der Waals surface area contributed by atoms with E-state index >= 15 is 0 Å². The number of nitrogens with one attached hydrogen (secondary N) is 1. The lowest BCUT2D eigenvalue weighted by Gasteiger charge is -2.29. The highest BCUT2D eigenvalue weighted by molar-refractivity contribution is 5.84. The van der Waals surface area contributed by atoms with Crippen LogP contribution in [0.3, 0.4) is 0 Å². The van der Waals surface area contributed by atoms with E-state index in [0.717, 1.165) is 59.9 Å². The second kappa shape index (κ2) is 7.06. The van der Waals surface area contributed by atoms with Crippen molar-refractivity contribution in [1.82, 2.24) is 15.1 Å². The summed E-state index contributed by atoms with van der Waals surface area (Å²) in [6.07, 6.45) is 5.70. The van der Waals surface area contributed by atoms with Crippen molar-refractivity contribution in [2.24, 2.45) is 0 Å². The number of aryl methyl sites for hydroxylation is 1. The Hall–Kier alpha value is -3.09. The number of hydrogen-bond acceptors (Lipinski definition) is 5. The van der Waals surface area contributed by atoms with Gasteiger partial charge in [-0.1, -0.05) is 0 Å². The molecule has 1 aromatic carbocycles. The molecular weight excluding hydrogens is 370 g/mol. The van der Waals surface area contributed by atoms with Crippen molar-refractivity contribution in [3.63, 3.8) is 0 Å². The van der Waals surface area contributed by atoms with Crippen LogP contribution in [0.2, 0.25) is 0 Å². The number of benzene rings is 1. The van der Waals surface area contributed by atoms with Gasteiger partial charge in [-0.25, -0.2) is 4.79 Å². The number of nitrogens with zero attached hydrogens (tertiary/aromatic N) is 2. The van der Waals surface area contributed by atoms with Gasteiger partial charge in [-0.15, -0.1) is 0 Å². The molecule has 0 spiro atoms. The van der Waals surface area contributed by atoms with Crippen molar-refractivity contribution in [3.8, 4) is 5.75 Å². The van der Waals surface area contributed by atoms with Crippen LogP contribution in [0.4, 0.5) is 0 Å². The molecule has 1 aliphatic carbocycles. The summed E-state index contributed by atoms with van der Waals surface area (Å²) in [6.45, 7) is 2.93. The standard InChI is InChI=1S/C22H23N3O4/c1-13(21(26)25-9-8-19-14(12-25)11-23-24-19)28-15-6-7-17-16-4-2-3-5-18(16)22(27)29-20(17)10-15/h6-7,10-11,13H,2-5,8-9,12H2,1H3,(H,23,24). The van der Waals surface area contributed by atoms with E-state index in [1.807, 2.05) is 12.1 Å². The lowest BCUT2D eigenvalue weighted by Crippen LogP contribution is -2.43. The molecule has 0 fully saturated rings. The van der Waals surface area contributed by atoms with Crippen LogP contribution < -0.4 is 10.4 Å². The van der Waals surface area contributed by atoms with Crippen molar-refractivity contribution in [2.45, 2.75) is 51.7 Å². The first-order valence-electron chi connectivity index (χ1n) is 10.2. The lowest BCUT2D eigenvalue weighted by molar-refractivity contribution is -0.138. The molecule has 0 radical (unpaired) electrons. The molecule has 2 aliphatic rings. The van der Waals surface area contributed by atoms with Gasteiger partial charge >= 0.3 is 5.63 Å². The molecule has 1 aliphatic heterocycles. The second-order valence-electron chi connectivity index (χ2n) is 7.86. The number of fused-ring (bicyclic) bond motifs is 4. The molecule has 29 heavy (non-hydrogen) atoms. The van der Waals surface area contributed by atoms with E-state index in [9.17, 15) is 9.59 Å². The molecule has 3 aromatic rings. The van der Waals surface area contributed by atoms with Crippen molar-refractivity contribution in [3.05, 3.63) is 57.2 Å². The van der Waals surface area contributed by atoms with Gasteiger partial charge in [0.25, 0.3) is 5.91 Å². The van der Waals surface area contributed by atoms with Gasteiger partial charge in [0, 0.05) is 47.8 Å². The van der Waals surface area contributed by atoms with Gasteiger partial charge in [-0.3, -0.25) is 9.89 Å². The number of aromatic amines is 1. The third-order valence-electron chi connectivity index (χ3n) is 5.97. The second-order valence-corrected chi connectivity index (χ2v) is 7.86. The molecule has 0 saturated heterocycles.